The van der Waals surface area contributed by atoms with E-state index in [-0.39, 0.29) is 15.4 Å². The number of H-pyrrole nitrogens is 1. The lowest BCUT2D eigenvalue weighted by Gasteiger charge is -1.96. The highest BCUT2D eigenvalue weighted by molar-refractivity contribution is 7.92. The fraction of sp³-hybridized carbons (Fsp3) is 0.400. The zero-order valence-electron chi connectivity index (χ0n) is 9.06. The van der Waals surface area contributed by atoms with Crippen molar-refractivity contribution in [2.75, 3.05) is 6.26 Å². The largest absolute Gasteiger partial charge is 0.324 e. The Labute approximate surface area is 101 Å². The van der Waals surface area contributed by atoms with Crippen molar-refractivity contribution in [3.63, 3.8) is 0 Å². The van der Waals surface area contributed by atoms with Crippen LogP contribution in [0.4, 0.5) is 0 Å². The molecule has 0 spiro atoms. The number of nitrogens with one attached hydrogen (secondary N) is 1. The van der Waals surface area contributed by atoms with Gasteiger partial charge in [-0.05, 0) is 24.8 Å². The van der Waals surface area contributed by atoms with Crippen LogP contribution in [0, 0.1) is 0 Å². The van der Waals surface area contributed by atoms with Crippen molar-refractivity contribution >= 4 is 31.4 Å². The molecule has 2 heterocycles. The standard InChI is InChI=1S/C10H10N2O3S2/c1-17(14,15)10-12-8-7(16-10)4-6(5-2-3-5)11-9(8)13/h4-5H,2-3H2,1H3,(H,11,13). The molecule has 2 aromatic rings. The molecule has 90 valence electrons. The summed E-state index contributed by atoms with van der Waals surface area (Å²) in [5.41, 5.74) is 0.821. The predicted octanol–water partition coefficient (Wildman–Crippen LogP) is 1.27. The summed E-state index contributed by atoms with van der Waals surface area (Å²) < 4.78 is 23.4. The molecule has 17 heavy (non-hydrogen) atoms. The molecule has 0 aromatic carbocycles. The number of hydrogen-bond acceptors (Lipinski definition) is 5. The highest BCUT2D eigenvalue weighted by Crippen LogP contribution is 2.39. The Morgan fingerprint density at radius 2 is 2.18 bits per heavy atom. The van der Waals surface area contributed by atoms with Crippen LogP contribution >= 0.6 is 11.3 Å². The molecule has 2 aromatic heterocycles. The number of aromatic amines is 1. The second kappa shape index (κ2) is 3.39. The van der Waals surface area contributed by atoms with Crippen LogP contribution in [-0.2, 0) is 9.84 Å². The number of sulfone groups is 1. The van der Waals surface area contributed by atoms with Gasteiger partial charge >= 0.3 is 0 Å². The average molecular weight is 270 g/mol. The van der Waals surface area contributed by atoms with Crippen LogP contribution in [0.5, 0.6) is 0 Å². The number of thiazole rings is 1. The van der Waals surface area contributed by atoms with Crippen molar-refractivity contribution in [3.8, 4) is 0 Å². The highest BCUT2D eigenvalue weighted by atomic mass is 32.2. The van der Waals surface area contributed by atoms with E-state index >= 15 is 0 Å². The van der Waals surface area contributed by atoms with E-state index in [4.69, 9.17) is 0 Å². The lowest BCUT2D eigenvalue weighted by molar-refractivity contribution is 0.601. The molecule has 1 aliphatic carbocycles. The third-order valence-corrected chi connectivity index (χ3v) is 5.41. The van der Waals surface area contributed by atoms with E-state index in [0.717, 1.165) is 36.1 Å². The quantitative estimate of drug-likeness (QED) is 0.891. The van der Waals surface area contributed by atoms with E-state index in [1.807, 2.05) is 6.07 Å². The Bertz CT molecular complexity index is 753. The molecule has 1 saturated carbocycles. The van der Waals surface area contributed by atoms with Gasteiger partial charge in [-0.1, -0.05) is 0 Å². The van der Waals surface area contributed by atoms with Gasteiger partial charge in [0.15, 0.2) is 0 Å². The monoisotopic (exact) mass is 270 g/mol. The minimum Gasteiger partial charge on any atom is -0.324 e. The molecule has 3 rings (SSSR count). The lowest BCUT2D eigenvalue weighted by Crippen LogP contribution is -2.08. The van der Waals surface area contributed by atoms with Gasteiger partial charge in [0.1, 0.15) is 5.52 Å². The summed E-state index contributed by atoms with van der Waals surface area (Å²) in [6, 6.07) is 1.85. The van der Waals surface area contributed by atoms with Crippen molar-refractivity contribution in [1.29, 1.82) is 0 Å². The molecule has 0 saturated heterocycles. The summed E-state index contributed by atoms with van der Waals surface area (Å²) in [6.45, 7) is 0. The van der Waals surface area contributed by atoms with E-state index < -0.39 is 9.84 Å². The second-order valence-electron chi connectivity index (χ2n) is 4.29. The fourth-order valence-corrected chi connectivity index (χ4v) is 3.59. The van der Waals surface area contributed by atoms with Gasteiger partial charge in [0.05, 0.1) is 4.70 Å². The van der Waals surface area contributed by atoms with Crippen LogP contribution in [0.3, 0.4) is 0 Å². The molecule has 0 bridgehead atoms. The first-order valence-electron chi connectivity index (χ1n) is 5.19. The number of pyridine rings is 1. The van der Waals surface area contributed by atoms with E-state index in [1.54, 1.807) is 0 Å². The number of rotatable bonds is 2. The van der Waals surface area contributed by atoms with Gasteiger partial charge in [-0.25, -0.2) is 13.4 Å². The van der Waals surface area contributed by atoms with Gasteiger partial charge < -0.3 is 4.98 Å². The van der Waals surface area contributed by atoms with Crippen LogP contribution in [0.1, 0.15) is 24.5 Å². The van der Waals surface area contributed by atoms with E-state index in [2.05, 4.69) is 9.97 Å². The number of aromatic nitrogens is 2. The smallest absolute Gasteiger partial charge is 0.275 e. The Morgan fingerprint density at radius 3 is 2.76 bits per heavy atom. The Morgan fingerprint density at radius 1 is 1.47 bits per heavy atom. The van der Waals surface area contributed by atoms with Crippen LogP contribution < -0.4 is 5.56 Å². The average Bonchev–Trinajstić information content (AvgIpc) is 2.96. The molecule has 0 unspecified atom stereocenters. The SMILES string of the molecule is CS(=O)(=O)c1nc2c(=O)[nH]c(C3CC3)cc2s1. The van der Waals surface area contributed by atoms with Crippen molar-refractivity contribution in [1.82, 2.24) is 9.97 Å². The molecule has 5 nitrogen and oxygen atoms in total. The van der Waals surface area contributed by atoms with Gasteiger partial charge in [-0.2, -0.15) is 0 Å². The van der Waals surface area contributed by atoms with Crippen LogP contribution in [-0.4, -0.2) is 24.6 Å². The summed E-state index contributed by atoms with van der Waals surface area (Å²) in [5, 5.41) is 0. The maximum absolute atomic E-state index is 11.8. The first-order valence-corrected chi connectivity index (χ1v) is 7.90. The molecule has 1 fully saturated rings. The van der Waals surface area contributed by atoms with Crippen LogP contribution in [0.2, 0.25) is 0 Å². The number of nitrogens with zero attached hydrogens (tertiary/aromatic N) is 1. The summed E-state index contributed by atoms with van der Waals surface area (Å²) in [5.74, 6) is 0.427. The minimum atomic E-state index is -3.34. The van der Waals surface area contributed by atoms with Crippen LogP contribution in [0.15, 0.2) is 15.2 Å². The van der Waals surface area contributed by atoms with Crippen molar-refractivity contribution in [2.24, 2.45) is 0 Å². The summed E-state index contributed by atoms with van der Waals surface area (Å²) in [4.78, 5) is 18.4. The molecule has 0 aliphatic heterocycles. The minimum absolute atomic E-state index is 0.00551. The first-order chi connectivity index (χ1) is 7.95. The first kappa shape index (κ1) is 10.9. The van der Waals surface area contributed by atoms with E-state index in [1.165, 1.54) is 0 Å². The third kappa shape index (κ3) is 1.89. The van der Waals surface area contributed by atoms with E-state index in [9.17, 15) is 13.2 Å². The maximum Gasteiger partial charge on any atom is 0.275 e. The fourth-order valence-electron chi connectivity index (χ4n) is 1.71. The van der Waals surface area contributed by atoms with Gasteiger partial charge in [0, 0.05) is 11.9 Å². The second-order valence-corrected chi connectivity index (χ2v) is 7.51. The Balaban J connectivity index is 2.28. The van der Waals surface area contributed by atoms with Crippen molar-refractivity contribution in [2.45, 2.75) is 23.1 Å². The summed E-state index contributed by atoms with van der Waals surface area (Å²) in [6.07, 6.45) is 3.26. The lowest BCUT2D eigenvalue weighted by atomic mass is 10.2. The third-order valence-electron chi connectivity index (χ3n) is 2.73. The van der Waals surface area contributed by atoms with Gasteiger partial charge in [-0.15, -0.1) is 11.3 Å². The molecular weight excluding hydrogens is 260 g/mol. The molecule has 1 aliphatic rings. The van der Waals surface area contributed by atoms with Crippen molar-refractivity contribution < 1.29 is 8.42 Å². The molecule has 1 N–H and O–H groups in total. The van der Waals surface area contributed by atoms with Gasteiger partial charge in [-0.3, -0.25) is 4.79 Å². The number of fused-ring (bicyclic) bond motifs is 1. The summed E-state index contributed by atoms with van der Waals surface area (Å²) >= 11 is 1.06. The topological polar surface area (TPSA) is 79.9 Å². The summed E-state index contributed by atoms with van der Waals surface area (Å²) in [7, 11) is -3.34. The normalized spacial score (nSPS) is 16.5. The molecule has 0 radical (unpaired) electrons. The van der Waals surface area contributed by atoms with Crippen LogP contribution in [0.25, 0.3) is 10.2 Å². The van der Waals surface area contributed by atoms with Crippen molar-refractivity contribution in [3.05, 3.63) is 22.1 Å². The van der Waals surface area contributed by atoms with Gasteiger partial charge in [0.25, 0.3) is 5.56 Å². The van der Waals surface area contributed by atoms with E-state index in [0.29, 0.717) is 10.6 Å². The molecule has 0 amide bonds. The zero-order chi connectivity index (χ0) is 12.2. The predicted molar refractivity (Wildman–Crippen MR) is 65.3 cm³/mol. The Hall–Kier alpha value is -1.21. The maximum atomic E-state index is 11.8. The zero-order valence-corrected chi connectivity index (χ0v) is 10.7. The molecule has 0 atom stereocenters. The number of hydrogen-bond donors (Lipinski definition) is 1. The van der Waals surface area contributed by atoms with Gasteiger partial charge in [0.2, 0.25) is 14.2 Å². The molecular formula is C10H10N2O3S2. The Kier molecular flexibility index (Phi) is 2.18. The molecule has 7 heteroatoms. The highest BCUT2D eigenvalue weighted by Gasteiger charge is 2.26.